The van der Waals surface area contributed by atoms with Gasteiger partial charge in [-0.25, -0.2) is 0 Å². The molecule has 0 spiro atoms. The van der Waals surface area contributed by atoms with Crippen LogP contribution in [0.25, 0.3) is 0 Å². The van der Waals surface area contributed by atoms with Crippen LogP contribution in [0.15, 0.2) is 0 Å². The molecule has 15 heavy (non-hydrogen) atoms. The van der Waals surface area contributed by atoms with Crippen molar-refractivity contribution in [3.63, 3.8) is 0 Å². The second kappa shape index (κ2) is 4.45. The summed E-state index contributed by atoms with van der Waals surface area (Å²) in [6, 6.07) is 0. The maximum Gasteiger partial charge on any atom is 0.0125 e. The summed E-state index contributed by atoms with van der Waals surface area (Å²) < 4.78 is 0. The number of hydrogen-bond acceptors (Lipinski definition) is 1. The molecule has 0 radical (unpaired) electrons. The maximum absolute atomic E-state index is 2.68. The Morgan fingerprint density at radius 3 is 1.87 bits per heavy atom. The predicted molar refractivity (Wildman–Crippen MR) is 68.1 cm³/mol. The van der Waals surface area contributed by atoms with Crippen LogP contribution in [0.3, 0.4) is 0 Å². The van der Waals surface area contributed by atoms with E-state index in [2.05, 4.69) is 46.4 Å². The summed E-state index contributed by atoms with van der Waals surface area (Å²) in [5, 5.41) is 0. The van der Waals surface area contributed by atoms with Gasteiger partial charge in [-0.1, -0.05) is 20.8 Å². The van der Waals surface area contributed by atoms with E-state index in [1.807, 2.05) is 0 Å². The lowest BCUT2D eigenvalue weighted by atomic mass is 9.91. The maximum atomic E-state index is 2.68. The number of hydrogen-bond donors (Lipinski definition) is 0. The topological polar surface area (TPSA) is 3.24 Å². The largest absolute Gasteiger partial charge is 0.298 e. The van der Waals surface area contributed by atoms with Crippen LogP contribution < -0.4 is 0 Å². The summed E-state index contributed by atoms with van der Waals surface area (Å²) in [6.07, 6.45) is 4.22. The normalized spacial score (nSPS) is 18.6. The average Bonchev–Trinajstić information content (AvgIpc) is 2.76. The fourth-order valence-corrected chi connectivity index (χ4v) is 1.78. The Labute approximate surface area is 96.2 Å². The van der Waals surface area contributed by atoms with E-state index in [0.29, 0.717) is 11.0 Å². The Morgan fingerprint density at radius 1 is 1.00 bits per heavy atom. The monoisotopic (exact) mass is 211 g/mol. The Morgan fingerprint density at radius 2 is 1.53 bits per heavy atom. The molecular weight excluding hydrogens is 182 g/mol. The van der Waals surface area contributed by atoms with E-state index in [-0.39, 0.29) is 0 Å². The Hall–Kier alpha value is -0.0400. The Bertz CT molecular complexity index is 190. The number of nitrogens with zero attached hydrogens (tertiary/aromatic N) is 1. The third kappa shape index (κ3) is 5.55. The molecule has 1 aliphatic rings. The van der Waals surface area contributed by atoms with Crippen molar-refractivity contribution in [1.82, 2.24) is 4.90 Å². The molecule has 0 N–H and O–H groups in total. The highest BCUT2D eigenvalue weighted by Gasteiger charge is 2.30. The average molecular weight is 211 g/mol. The van der Waals surface area contributed by atoms with E-state index in [4.69, 9.17) is 0 Å². The minimum absolute atomic E-state index is 0.341. The third-order valence-electron chi connectivity index (χ3n) is 3.26. The lowest BCUT2D eigenvalue weighted by Gasteiger charge is -2.37. The molecular formula is C14H29N. The van der Waals surface area contributed by atoms with Gasteiger partial charge in [-0.05, 0) is 57.9 Å². The molecule has 1 rings (SSSR count). The predicted octanol–water partition coefficient (Wildman–Crippen LogP) is 3.93. The van der Waals surface area contributed by atoms with Crippen molar-refractivity contribution in [3.05, 3.63) is 0 Å². The summed E-state index contributed by atoms with van der Waals surface area (Å²) in [5.74, 6) is 1.00. The van der Waals surface area contributed by atoms with Gasteiger partial charge in [0, 0.05) is 12.1 Å². The molecule has 1 saturated carbocycles. The van der Waals surface area contributed by atoms with Crippen molar-refractivity contribution in [1.29, 1.82) is 0 Å². The van der Waals surface area contributed by atoms with Gasteiger partial charge in [0.05, 0.1) is 0 Å². The molecule has 0 aromatic carbocycles. The van der Waals surface area contributed by atoms with Gasteiger partial charge in [0.15, 0.2) is 0 Å². The lowest BCUT2D eigenvalue weighted by Crippen LogP contribution is -2.44. The zero-order valence-electron chi connectivity index (χ0n) is 11.6. The number of rotatable bonds is 4. The fraction of sp³-hybridized carbons (Fsp3) is 1.00. The molecule has 0 aromatic rings. The van der Waals surface area contributed by atoms with E-state index >= 15 is 0 Å². The van der Waals surface area contributed by atoms with Crippen molar-refractivity contribution in [3.8, 4) is 0 Å². The first-order valence-corrected chi connectivity index (χ1v) is 6.43. The zero-order valence-corrected chi connectivity index (χ0v) is 11.6. The molecule has 0 heterocycles. The molecule has 0 unspecified atom stereocenters. The van der Waals surface area contributed by atoms with Crippen LogP contribution in [-0.2, 0) is 0 Å². The van der Waals surface area contributed by atoms with Crippen molar-refractivity contribution in [2.75, 3.05) is 13.1 Å². The van der Waals surface area contributed by atoms with Crippen LogP contribution in [0.1, 0.15) is 60.8 Å². The first-order chi connectivity index (χ1) is 6.68. The van der Waals surface area contributed by atoms with Crippen LogP contribution in [0.5, 0.6) is 0 Å². The van der Waals surface area contributed by atoms with Gasteiger partial charge in [0.2, 0.25) is 0 Å². The van der Waals surface area contributed by atoms with Crippen molar-refractivity contribution < 1.29 is 0 Å². The molecule has 0 atom stereocenters. The first kappa shape index (κ1) is 13.0. The minimum Gasteiger partial charge on any atom is -0.298 e. The highest BCUT2D eigenvalue weighted by atomic mass is 15.2. The van der Waals surface area contributed by atoms with E-state index < -0.39 is 0 Å². The molecule has 1 nitrogen and oxygen atoms in total. The summed E-state index contributed by atoms with van der Waals surface area (Å²) in [5.41, 5.74) is 0.806. The van der Waals surface area contributed by atoms with Gasteiger partial charge in [0.25, 0.3) is 0 Å². The minimum atomic E-state index is 0.341. The molecule has 0 saturated heterocycles. The van der Waals surface area contributed by atoms with E-state index in [1.165, 1.54) is 32.4 Å². The van der Waals surface area contributed by atoms with Crippen LogP contribution in [-0.4, -0.2) is 23.5 Å². The molecule has 1 aliphatic carbocycles. The van der Waals surface area contributed by atoms with Crippen LogP contribution in [0.4, 0.5) is 0 Å². The van der Waals surface area contributed by atoms with Gasteiger partial charge in [-0.3, -0.25) is 4.90 Å². The standard InChI is InChI=1S/C14H29N/c1-13(2,3)9-10-15(14(4,5)6)11-12-7-8-12/h12H,7-11H2,1-6H3. The van der Waals surface area contributed by atoms with E-state index in [0.717, 1.165) is 5.92 Å². The first-order valence-electron chi connectivity index (χ1n) is 6.43. The SMILES string of the molecule is CC(C)(C)CCN(CC1CC1)C(C)(C)C. The highest BCUT2D eigenvalue weighted by molar-refractivity contribution is 4.84. The highest BCUT2D eigenvalue weighted by Crippen LogP contribution is 2.32. The second-order valence-electron chi connectivity index (χ2n) is 7.37. The lowest BCUT2D eigenvalue weighted by molar-refractivity contribution is 0.112. The molecule has 90 valence electrons. The smallest absolute Gasteiger partial charge is 0.0125 e. The van der Waals surface area contributed by atoms with Crippen molar-refractivity contribution in [2.24, 2.45) is 11.3 Å². The molecule has 0 bridgehead atoms. The van der Waals surface area contributed by atoms with Gasteiger partial charge in [-0.15, -0.1) is 0 Å². The van der Waals surface area contributed by atoms with Crippen molar-refractivity contribution in [2.45, 2.75) is 66.3 Å². The van der Waals surface area contributed by atoms with Gasteiger partial charge in [-0.2, -0.15) is 0 Å². The van der Waals surface area contributed by atoms with Crippen LogP contribution >= 0.6 is 0 Å². The Balaban J connectivity index is 2.41. The van der Waals surface area contributed by atoms with Crippen LogP contribution in [0.2, 0.25) is 0 Å². The van der Waals surface area contributed by atoms with Crippen molar-refractivity contribution >= 4 is 0 Å². The molecule has 1 fully saturated rings. The zero-order chi connectivity index (χ0) is 11.7. The fourth-order valence-electron chi connectivity index (χ4n) is 1.78. The van der Waals surface area contributed by atoms with E-state index in [9.17, 15) is 0 Å². The summed E-state index contributed by atoms with van der Waals surface area (Å²) in [4.78, 5) is 2.68. The molecule has 1 heteroatoms. The van der Waals surface area contributed by atoms with Gasteiger partial charge >= 0.3 is 0 Å². The second-order valence-corrected chi connectivity index (χ2v) is 7.37. The quantitative estimate of drug-likeness (QED) is 0.681. The van der Waals surface area contributed by atoms with Gasteiger partial charge < -0.3 is 0 Å². The third-order valence-corrected chi connectivity index (χ3v) is 3.26. The van der Waals surface area contributed by atoms with Crippen LogP contribution in [0, 0.1) is 11.3 Å². The van der Waals surface area contributed by atoms with E-state index in [1.54, 1.807) is 0 Å². The molecule has 0 aromatic heterocycles. The summed E-state index contributed by atoms with van der Waals surface area (Å²) in [7, 11) is 0. The summed E-state index contributed by atoms with van der Waals surface area (Å²) >= 11 is 0. The summed E-state index contributed by atoms with van der Waals surface area (Å²) in [6.45, 7) is 16.6. The van der Waals surface area contributed by atoms with Gasteiger partial charge in [0.1, 0.15) is 0 Å². The molecule has 0 aliphatic heterocycles. The Kier molecular flexibility index (Phi) is 3.86. The molecule has 0 amide bonds.